The van der Waals surface area contributed by atoms with Crippen LogP contribution in [0.1, 0.15) is 42.3 Å². The molecule has 0 spiro atoms. The van der Waals surface area contributed by atoms with Crippen molar-refractivity contribution in [3.63, 3.8) is 0 Å². The summed E-state index contributed by atoms with van der Waals surface area (Å²) in [4.78, 5) is 0.675. The van der Waals surface area contributed by atoms with E-state index in [9.17, 15) is 4.39 Å². The number of nitrogens with two attached hydrogens (primary N) is 1. The van der Waals surface area contributed by atoms with E-state index in [1.807, 2.05) is 18.2 Å². The lowest BCUT2D eigenvalue weighted by Crippen LogP contribution is -2.19. The Hall–Kier alpha value is -1.32. The molecular formula is C18H20FNS. The second-order valence-electron chi connectivity index (χ2n) is 5.60. The minimum absolute atomic E-state index is 0.0496. The molecule has 2 N–H and O–H groups in total. The Bertz CT molecular complexity index is 610. The molecule has 1 aliphatic carbocycles. The number of rotatable bonds is 5. The molecule has 0 heterocycles. The maximum atomic E-state index is 13.7. The standard InChI is InChI=1S/C18H20FNS/c19-16-10-3-4-11-18(16)21-12-17(20)15-9-2-1-8-14(15)13-6-5-7-13/h1-4,8-11,13,17H,5-7,12,20H2. The van der Waals surface area contributed by atoms with Gasteiger partial charge in [-0.2, -0.15) is 0 Å². The quantitative estimate of drug-likeness (QED) is 0.796. The van der Waals surface area contributed by atoms with Gasteiger partial charge in [0, 0.05) is 16.7 Å². The zero-order chi connectivity index (χ0) is 14.7. The van der Waals surface area contributed by atoms with E-state index in [2.05, 4.69) is 18.2 Å². The summed E-state index contributed by atoms with van der Waals surface area (Å²) in [5.41, 5.74) is 8.99. The van der Waals surface area contributed by atoms with Crippen LogP contribution < -0.4 is 5.73 Å². The molecule has 0 amide bonds. The van der Waals surface area contributed by atoms with Crippen molar-refractivity contribution < 1.29 is 4.39 Å². The fraction of sp³-hybridized carbons (Fsp3) is 0.333. The van der Waals surface area contributed by atoms with Crippen LogP contribution in [-0.2, 0) is 0 Å². The average molecular weight is 301 g/mol. The van der Waals surface area contributed by atoms with Gasteiger partial charge in [0.05, 0.1) is 0 Å². The Morgan fingerprint density at radius 2 is 1.81 bits per heavy atom. The Kier molecular flexibility index (Phi) is 4.61. The highest BCUT2D eigenvalue weighted by Gasteiger charge is 2.23. The topological polar surface area (TPSA) is 26.0 Å². The number of hydrogen-bond acceptors (Lipinski definition) is 2. The Morgan fingerprint density at radius 3 is 2.52 bits per heavy atom. The molecule has 1 fully saturated rings. The molecule has 0 aromatic heterocycles. The van der Waals surface area contributed by atoms with Crippen LogP contribution in [0.25, 0.3) is 0 Å². The Balaban J connectivity index is 1.71. The van der Waals surface area contributed by atoms with Crippen molar-refractivity contribution in [2.45, 2.75) is 36.1 Å². The van der Waals surface area contributed by atoms with E-state index in [1.54, 1.807) is 6.07 Å². The molecule has 0 bridgehead atoms. The fourth-order valence-corrected chi connectivity index (χ4v) is 3.69. The molecule has 2 aromatic rings. The number of benzene rings is 2. The molecule has 110 valence electrons. The smallest absolute Gasteiger partial charge is 0.136 e. The molecule has 0 saturated heterocycles. The summed E-state index contributed by atoms with van der Waals surface area (Å²) in [6.45, 7) is 0. The van der Waals surface area contributed by atoms with Gasteiger partial charge in [-0.25, -0.2) is 4.39 Å². The average Bonchev–Trinajstić information content (AvgIpc) is 2.45. The summed E-state index contributed by atoms with van der Waals surface area (Å²) >= 11 is 1.50. The van der Waals surface area contributed by atoms with Crippen LogP contribution in [0, 0.1) is 5.82 Å². The summed E-state index contributed by atoms with van der Waals surface area (Å²) < 4.78 is 13.7. The van der Waals surface area contributed by atoms with E-state index in [-0.39, 0.29) is 11.9 Å². The highest BCUT2D eigenvalue weighted by atomic mass is 32.2. The van der Waals surface area contributed by atoms with Gasteiger partial charge in [-0.1, -0.05) is 42.8 Å². The minimum atomic E-state index is -0.165. The van der Waals surface area contributed by atoms with Crippen molar-refractivity contribution in [1.29, 1.82) is 0 Å². The number of thioether (sulfide) groups is 1. The van der Waals surface area contributed by atoms with Crippen LogP contribution >= 0.6 is 11.8 Å². The lowest BCUT2D eigenvalue weighted by atomic mass is 9.77. The first-order valence-electron chi connectivity index (χ1n) is 7.47. The molecule has 1 atom stereocenters. The van der Waals surface area contributed by atoms with E-state index in [4.69, 9.17) is 5.73 Å². The van der Waals surface area contributed by atoms with Crippen LogP contribution in [0.2, 0.25) is 0 Å². The third-order valence-electron chi connectivity index (χ3n) is 4.20. The van der Waals surface area contributed by atoms with E-state index in [0.29, 0.717) is 16.6 Å². The molecule has 1 aliphatic rings. The Morgan fingerprint density at radius 1 is 1.10 bits per heavy atom. The monoisotopic (exact) mass is 301 g/mol. The summed E-state index contributed by atoms with van der Waals surface area (Å²) in [7, 11) is 0. The fourth-order valence-electron chi connectivity index (χ4n) is 2.77. The first-order chi connectivity index (χ1) is 10.3. The zero-order valence-electron chi connectivity index (χ0n) is 12.0. The van der Waals surface area contributed by atoms with Gasteiger partial charge in [-0.15, -0.1) is 11.8 Å². The van der Waals surface area contributed by atoms with Gasteiger partial charge in [0.2, 0.25) is 0 Å². The van der Waals surface area contributed by atoms with E-state index in [1.165, 1.54) is 48.2 Å². The van der Waals surface area contributed by atoms with Crippen molar-refractivity contribution in [2.24, 2.45) is 5.73 Å². The highest BCUT2D eigenvalue weighted by molar-refractivity contribution is 7.99. The van der Waals surface area contributed by atoms with Gasteiger partial charge in [0.1, 0.15) is 5.82 Å². The third-order valence-corrected chi connectivity index (χ3v) is 5.36. The highest BCUT2D eigenvalue weighted by Crippen LogP contribution is 2.39. The Labute approximate surface area is 129 Å². The lowest BCUT2D eigenvalue weighted by molar-refractivity contribution is 0.416. The normalized spacial score (nSPS) is 16.5. The summed E-state index contributed by atoms with van der Waals surface area (Å²) in [5, 5.41) is 0. The molecular weight excluding hydrogens is 281 g/mol. The summed E-state index contributed by atoms with van der Waals surface area (Å²) in [6.07, 6.45) is 3.85. The van der Waals surface area contributed by atoms with Crippen LogP contribution in [0.15, 0.2) is 53.4 Å². The number of halogens is 1. The SMILES string of the molecule is NC(CSc1ccccc1F)c1ccccc1C1CCC1. The third kappa shape index (κ3) is 3.30. The van der Waals surface area contributed by atoms with Gasteiger partial charge in [0.15, 0.2) is 0 Å². The molecule has 3 heteroatoms. The zero-order valence-corrected chi connectivity index (χ0v) is 12.8. The van der Waals surface area contributed by atoms with Gasteiger partial charge >= 0.3 is 0 Å². The maximum absolute atomic E-state index is 13.7. The summed E-state index contributed by atoms with van der Waals surface area (Å²) in [6, 6.07) is 15.3. The van der Waals surface area contributed by atoms with Crippen molar-refractivity contribution in [2.75, 3.05) is 5.75 Å². The minimum Gasteiger partial charge on any atom is -0.323 e. The second-order valence-corrected chi connectivity index (χ2v) is 6.67. The molecule has 2 aromatic carbocycles. The van der Waals surface area contributed by atoms with Crippen LogP contribution in [-0.4, -0.2) is 5.75 Å². The van der Waals surface area contributed by atoms with E-state index < -0.39 is 0 Å². The van der Waals surface area contributed by atoms with Crippen LogP contribution in [0.3, 0.4) is 0 Å². The van der Waals surface area contributed by atoms with Crippen molar-refractivity contribution in [3.8, 4) is 0 Å². The first kappa shape index (κ1) is 14.6. The molecule has 21 heavy (non-hydrogen) atoms. The van der Waals surface area contributed by atoms with Gasteiger partial charge in [-0.3, -0.25) is 0 Å². The first-order valence-corrected chi connectivity index (χ1v) is 8.46. The molecule has 0 aliphatic heterocycles. The lowest BCUT2D eigenvalue weighted by Gasteiger charge is -2.29. The molecule has 0 radical (unpaired) electrons. The van der Waals surface area contributed by atoms with E-state index in [0.717, 1.165) is 0 Å². The molecule has 1 saturated carbocycles. The van der Waals surface area contributed by atoms with E-state index >= 15 is 0 Å². The van der Waals surface area contributed by atoms with Crippen molar-refractivity contribution >= 4 is 11.8 Å². The van der Waals surface area contributed by atoms with Crippen molar-refractivity contribution in [3.05, 3.63) is 65.5 Å². The van der Waals surface area contributed by atoms with Gasteiger partial charge in [-0.05, 0) is 42.0 Å². The van der Waals surface area contributed by atoms with Crippen molar-refractivity contribution in [1.82, 2.24) is 0 Å². The van der Waals surface area contributed by atoms with Gasteiger partial charge in [0.25, 0.3) is 0 Å². The van der Waals surface area contributed by atoms with Crippen LogP contribution in [0.4, 0.5) is 4.39 Å². The number of hydrogen-bond donors (Lipinski definition) is 1. The maximum Gasteiger partial charge on any atom is 0.136 e. The summed E-state index contributed by atoms with van der Waals surface area (Å²) in [5.74, 6) is 1.21. The molecule has 3 rings (SSSR count). The predicted octanol–water partition coefficient (Wildman–Crippen LogP) is 4.89. The molecule has 1 unspecified atom stereocenters. The predicted molar refractivity (Wildman–Crippen MR) is 87.1 cm³/mol. The molecule has 1 nitrogen and oxygen atoms in total. The largest absolute Gasteiger partial charge is 0.323 e. The van der Waals surface area contributed by atoms with Crippen LogP contribution in [0.5, 0.6) is 0 Å². The second kappa shape index (κ2) is 6.63. The van der Waals surface area contributed by atoms with Gasteiger partial charge < -0.3 is 5.73 Å².